The molecule has 1 aromatic carbocycles. The summed E-state index contributed by atoms with van der Waals surface area (Å²) in [5.74, 6) is 0. The van der Waals surface area contributed by atoms with Crippen molar-refractivity contribution in [3.05, 3.63) is 53.2 Å². The molecule has 0 aliphatic heterocycles. The number of hydrogen-bond donors (Lipinski definition) is 0. The molecular formula is C12H10ClN. The van der Waals surface area contributed by atoms with Gasteiger partial charge in [-0.05, 0) is 30.7 Å². The predicted molar refractivity (Wildman–Crippen MR) is 59.4 cm³/mol. The smallest absolute Gasteiger partial charge is 0.0702 e. The quantitative estimate of drug-likeness (QED) is 0.689. The molecule has 1 nitrogen and oxygen atoms in total. The number of hydrogen-bond acceptors (Lipinski definition) is 1. The van der Waals surface area contributed by atoms with Gasteiger partial charge in [0, 0.05) is 16.8 Å². The van der Waals surface area contributed by atoms with Crippen molar-refractivity contribution in [3.8, 4) is 11.3 Å². The highest BCUT2D eigenvalue weighted by atomic mass is 35.5. The molecule has 2 heteroatoms. The number of pyridine rings is 1. The highest BCUT2D eigenvalue weighted by Gasteiger charge is 1.98. The van der Waals surface area contributed by atoms with E-state index < -0.39 is 0 Å². The van der Waals surface area contributed by atoms with Gasteiger partial charge in [-0.15, -0.1) is 0 Å². The molecule has 14 heavy (non-hydrogen) atoms. The maximum absolute atomic E-state index is 5.90. The van der Waals surface area contributed by atoms with E-state index in [1.165, 1.54) is 0 Å². The minimum atomic E-state index is 0.741. The highest BCUT2D eigenvalue weighted by molar-refractivity contribution is 6.30. The van der Waals surface area contributed by atoms with Gasteiger partial charge in [0.05, 0.1) is 5.69 Å². The van der Waals surface area contributed by atoms with E-state index in [0.717, 1.165) is 21.8 Å². The maximum atomic E-state index is 5.90. The van der Waals surface area contributed by atoms with Gasteiger partial charge in [-0.25, -0.2) is 0 Å². The number of halogens is 1. The SMILES string of the molecule is Cc1ccc(-c2cccc(Cl)c2)nc1. The van der Waals surface area contributed by atoms with Crippen molar-refractivity contribution in [2.75, 3.05) is 0 Å². The van der Waals surface area contributed by atoms with Crippen molar-refractivity contribution in [3.63, 3.8) is 0 Å². The van der Waals surface area contributed by atoms with Crippen LogP contribution in [-0.2, 0) is 0 Å². The lowest BCUT2D eigenvalue weighted by molar-refractivity contribution is 1.27. The van der Waals surface area contributed by atoms with E-state index in [1.54, 1.807) is 0 Å². The molecule has 0 amide bonds. The van der Waals surface area contributed by atoms with E-state index >= 15 is 0 Å². The average molecular weight is 204 g/mol. The number of rotatable bonds is 1. The minimum absolute atomic E-state index is 0.741. The van der Waals surface area contributed by atoms with E-state index in [2.05, 4.69) is 4.98 Å². The van der Waals surface area contributed by atoms with Crippen LogP contribution >= 0.6 is 11.6 Å². The molecule has 70 valence electrons. The second-order valence-corrected chi connectivity index (χ2v) is 3.67. The third-order valence-corrected chi connectivity index (χ3v) is 2.27. The summed E-state index contributed by atoms with van der Waals surface area (Å²) in [5.41, 5.74) is 3.17. The molecule has 0 fully saturated rings. The van der Waals surface area contributed by atoms with Crippen LogP contribution in [0.15, 0.2) is 42.6 Å². The molecule has 0 atom stereocenters. The molecule has 0 aliphatic carbocycles. The Morgan fingerprint density at radius 3 is 2.64 bits per heavy atom. The van der Waals surface area contributed by atoms with Crippen LogP contribution in [0.5, 0.6) is 0 Å². The van der Waals surface area contributed by atoms with E-state index in [9.17, 15) is 0 Å². The Kier molecular flexibility index (Phi) is 2.51. The number of aromatic nitrogens is 1. The fourth-order valence-electron chi connectivity index (χ4n) is 1.29. The molecule has 1 heterocycles. The highest BCUT2D eigenvalue weighted by Crippen LogP contribution is 2.20. The zero-order valence-electron chi connectivity index (χ0n) is 7.87. The molecule has 0 radical (unpaired) electrons. The Hall–Kier alpha value is -1.34. The van der Waals surface area contributed by atoms with Crippen LogP contribution in [0, 0.1) is 6.92 Å². The van der Waals surface area contributed by atoms with Gasteiger partial charge in [0.15, 0.2) is 0 Å². The van der Waals surface area contributed by atoms with E-state index in [0.29, 0.717) is 0 Å². The molecule has 0 spiro atoms. The molecule has 0 saturated carbocycles. The van der Waals surface area contributed by atoms with Gasteiger partial charge in [-0.1, -0.05) is 29.8 Å². The zero-order chi connectivity index (χ0) is 9.97. The van der Waals surface area contributed by atoms with Crippen molar-refractivity contribution in [2.45, 2.75) is 6.92 Å². The van der Waals surface area contributed by atoms with Gasteiger partial charge in [-0.3, -0.25) is 4.98 Å². The Balaban J connectivity index is 2.44. The molecule has 0 N–H and O–H groups in total. The minimum Gasteiger partial charge on any atom is -0.256 e. The summed E-state index contributed by atoms with van der Waals surface area (Å²) in [7, 11) is 0. The Morgan fingerprint density at radius 2 is 2.00 bits per heavy atom. The summed E-state index contributed by atoms with van der Waals surface area (Å²) in [5, 5.41) is 0.741. The molecule has 2 rings (SSSR count). The largest absolute Gasteiger partial charge is 0.256 e. The summed E-state index contributed by atoms with van der Waals surface area (Å²) in [4.78, 5) is 4.33. The van der Waals surface area contributed by atoms with Crippen molar-refractivity contribution >= 4 is 11.6 Å². The first-order valence-corrected chi connectivity index (χ1v) is 4.82. The fraction of sp³-hybridized carbons (Fsp3) is 0.0833. The van der Waals surface area contributed by atoms with Crippen LogP contribution < -0.4 is 0 Å². The van der Waals surface area contributed by atoms with Gasteiger partial charge in [0.1, 0.15) is 0 Å². The molecule has 0 saturated heterocycles. The summed E-state index contributed by atoms with van der Waals surface area (Å²) >= 11 is 5.90. The molecule has 0 unspecified atom stereocenters. The maximum Gasteiger partial charge on any atom is 0.0702 e. The van der Waals surface area contributed by atoms with Crippen LogP contribution in [0.3, 0.4) is 0 Å². The average Bonchev–Trinajstić information content (AvgIpc) is 2.19. The van der Waals surface area contributed by atoms with Crippen LogP contribution in [0.1, 0.15) is 5.56 Å². The van der Waals surface area contributed by atoms with Crippen LogP contribution in [0.4, 0.5) is 0 Å². The lowest BCUT2D eigenvalue weighted by atomic mass is 10.1. The Morgan fingerprint density at radius 1 is 1.14 bits per heavy atom. The van der Waals surface area contributed by atoms with Crippen molar-refractivity contribution in [1.82, 2.24) is 4.98 Å². The second-order valence-electron chi connectivity index (χ2n) is 3.23. The Labute approximate surface area is 88.4 Å². The lowest BCUT2D eigenvalue weighted by Crippen LogP contribution is -1.83. The zero-order valence-corrected chi connectivity index (χ0v) is 8.62. The number of benzene rings is 1. The molecule has 0 aliphatic rings. The monoisotopic (exact) mass is 203 g/mol. The van der Waals surface area contributed by atoms with Crippen molar-refractivity contribution in [2.24, 2.45) is 0 Å². The number of nitrogens with zero attached hydrogens (tertiary/aromatic N) is 1. The molecule has 2 aromatic rings. The first-order chi connectivity index (χ1) is 6.75. The summed E-state index contributed by atoms with van der Waals surface area (Å²) in [6.07, 6.45) is 1.86. The predicted octanol–water partition coefficient (Wildman–Crippen LogP) is 3.71. The lowest BCUT2D eigenvalue weighted by Gasteiger charge is -2.01. The van der Waals surface area contributed by atoms with Crippen molar-refractivity contribution < 1.29 is 0 Å². The molecule has 0 bridgehead atoms. The first kappa shape index (κ1) is 9.22. The van der Waals surface area contributed by atoms with Gasteiger partial charge in [0.25, 0.3) is 0 Å². The van der Waals surface area contributed by atoms with Crippen LogP contribution in [0.2, 0.25) is 5.02 Å². The topological polar surface area (TPSA) is 12.9 Å². The third-order valence-electron chi connectivity index (χ3n) is 2.03. The summed E-state index contributed by atoms with van der Waals surface area (Å²) in [6.45, 7) is 2.02. The van der Waals surface area contributed by atoms with E-state index in [1.807, 2.05) is 49.5 Å². The Bertz CT molecular complexity index is 434. The van der Waals surface area contributed by atoms with Crippen LogP contribution in [-0.4, -0.2) is 4.98 Å². The summed E-state index contributed by atoms with van der Waals surface area (Å²) in [6, 6.07) is 11.8. The first-order valence-electron chi connectivity index (χ1n) is 4.44. The molecular weight excluding hydrogens is 194 g/mol. The van der Waals surface area contributed by atoms with Crippen molar-refractivity contribution in [1.29, 1.82) is 0 Å². The van der Waals surface area contributed by atoms with Gasteiger partial charge in [-0.2, -0.15) is 0 Å². The van der Waals surface area contributed by atoms with Gasteiger partial charge >= 0.3 is 0 Å². The van der Waals surface area contributed by atoms with Gasteiger partial charge in [0.2, 0.25) is 0 Å². The van der Waals surface area contributed by atoms with Crippen LogP contribution in [0.25, 0.3) is 11.3 Å². The molecule has 1 aromatic heterocycles. The standard InChI is InChI=1S/C12H10ClN/c1-9-5-6-12(14-8-9)10-3-2-4-11(13)7-10/h2-8H,1H3. The van der Waals surface area contributed by atoms with E-state index in [-0.39, 0.29) is 0 Å². The van der Waals surface area contributed by atoms with Gasteiger partial charge < -0.3 is 0 Å². The third kappa shape index (κ3) is 1.94. The normalized spacial score (nSPS) is 10.1. The fourth-order valence-corrected chi connectivity index (χ4v) is 1.48. The van der Waals surface area contributed by atoms with E-state index in [4.69, 9.17) is 11.6 Å². The second kappa shape index (κ2) is 3.81. The summed E-state index contributed by atoms with van der Waals surface area (Å²) < 4.78 is 0. The number of aryl methyl sites for hydroxylation is 1.